The topological polar surface area (TPSA) is 57.6 Å². The van der Waals surface area contributed by atoms with Gasteiger partial charge in [-0.3, -0.25) is 9.59 Å². The normalized spacial score (nSPS) is 24.1. The smallest absolute Gasteiger partial charge is 0.323 e. The summed E-state index contributed by atoms with van der Waals surface area (Å²) < 4.78 is 0. The number of carbonyl (C=O) groups is 2. The Bertz CT molecular complexity index is 430. The summed E-state index contributed by atoms with van der Waals surface area (Å²) >= 11 is 0. The fourth-order valence-corrected chi connectivity index (χ4v) is 2.33. The first-order valence-electron chi connectivity index (χ1n) is 5.67. The Labute approximate surface area is 99.9 Å². The highest BCUT2D eigenvalue weighted by Gasteiger charge is 2.38. The summed E-state index contributed by atoms with van der Waals surface area (Å²) in [5.74, 6) is -1.23. The van der Waals surface area contributed by atoms with E-state index in [0.717, 1.165) is 5.56 Å². The van der Waals surface area contributed by atoms with Crippen LogP contribution in [0, 0.1) is 0 Å². The van der Waals surface area contributed by atoms with Crippen LogP contribution < -0.4 is 0 Å². The van der Waals surface area contributed by atoms with Crippen molar-refractivity contribution in [1.29, 1.82) is 0 Å². The van der Waals surface area contributed by atoms with E-state index >= 15 is 0 Å². The zero-order valence-corrected chi connectivity index (χ0v) is 9.67. The molecule has 1 saturated heterocycles. The third-order valence-corrected chi connectivity index (χ3v) is 3.20. The first-order valence-corrected chi connectivity index (χ1v) is 5.67. The molecule has 1 amide bonds. The number of rotatable bonds is 3. The standard InChI is InChI=1S/C13H15NO3/c1-9-7-11(10-5-3-2-4-6-10)13(17)14(9)8-12(15)16/h2-6,9,11H,7-8H2,1H3,(H,15,16)/t9-,11?/m0/s1. The van der Waals surface area contributed by atoms with Crippen molar-refractivity contribution in [3.05, 3.63) is 35.9 Å². The molecule has 0 aromatic heterocycles. The Kier molecular flexibility index (Phi) is 3.13. The van der Waals surface area contributed by atoms with Gasteiger partial charge in [0.05, 0.1) is 5.92 Å². The van der Waals surface area contributed by atoms with Gasteiger partial charge in [-0.15, -0.1) is 0 Å². The second-order valence-corrected chi connectivity index (χ2v) is 4.41. The van der Waals surface area contributed by atoms with Crippen molar-refractivity contribution >= 4 is 11.9 Å². The number of amides is 1. The Morgan fingerprint density at radius 3 is 2.65 bits per heavy atom. The zero-order chi connectivity index (χ0) is 12.4. The number of carboxylic acids is 1. The number of carbonyl (C=O) groups excluding carboxylic acids is 1. The fraction of sp³-hybridized carbons (Fsp3) is 0.385. The maximum atomic E-state index is 12.1. The van der Waals surface area contributed by atoms with Gasteiger partial charge in [0.1, 0.15) is 6.54 Å². The molecule has 2 rings (SSSR count). The maximum Gasteiger partial charge on any atom is 0.323 e. The second-order valence-electron chi connectivity index (χ2n) is 4.41. The SMILES string of the molecule is C[C@H]1CC(c2ccccc2)C(=O)N1CC(=O)O. The summed E-state index contributed by atoms with van der Waals surface area (Å²) in [7, 11) is 0. The van der Waals surface area contributed by atoms with Gasteiger partial charge in [-0.05, 0) is 18.9 Å². The molecular formula is C13H15NO3. The van der Waals surface area contributed by atoms with Crippen LogP contribution in [0.2, 0.25) is 0 Å². The summed E-state index contributed by atoms with van der Waals surface area (Å²) in [4.78, 5) is 24.3. The van der Waals surface area contributed by atoms with Gasteiger partial charge in [0.15, 0.2) is 0 Å². The van der Waals surface area contributed by atoms with Gasteiger partial charge < -0.3 is 10.0 Å². The third-order valence-electron chi connectivity index (χ3n) is 3.20. The van der Waals surface area contributed by atoms with Gasteiger partial charge in [-0.25, -0.2) is 0 Å². The van der Waals surface area contributed by atoms with E-state index in [-0.39, 0.29) is 24.4 Å². The average molecular weight is 233 g/mol. The van der Waals surface area contributed by atoms with Crippen molar-refractivity contribution in [2.24, 2.45) is 0 Å². The first kappa shape index (κ1) is 11.6. The lowest BCUT2D eigenvalue weighted by Gasteiger charge is -2.18. The van der Waals surface area contributed by atoms with Crippen LogP contribution in [0.3, 0.4) is 0 Å². The van der Waals surface area contributed by atoms with E-state index in [0.29, 0.717) is 6.42 Å². The van der Waals surface area contributed by atoms with Crippen LogP contribution in [0.15, 0.2) is 30.3 Å². The van der Waals surface area contributed by atoms with Crippen LogP contribution in [0.4, 0.5) is 0 Å². The highest BCUT2D eigenvalue weighted by Crippen LogP contribution is 2.32. The summed E-state index contributed by atoms with van der Waals surface area (Å²) in [6.45, 7) is 1.69. The third kappa shape index (κ3) is 2.30. The molecule has 4 heteroatoms. The molecule has 0 saturated carbocycles. The molecule has 90 valence electrons. The highest BCUT2D eigenvalue weighted by molar-refractivity contribution is 5.89. The summed E-state index contributed by atoms with van der Waals surface area (Å²) in [5.41, 5.74) is 0.970. The molecule has 1 N–H and O–H groups in total. The van der Waals surface area contributed by atoms with Crippen LogP contribution in [0.25, 0.3) is 0 Å². The van der Waals surface area contributed by atoms with E-state index in [9.17, 15) is 9.59 Å². The Morgan fingerprint density at radius 1 is 1.41 bits per heavy atom. The van der Waals surface area contributed by atoms with E-state index in [1.54, 1.807) is 0 Å². The van der Waals surface area contributed by atoms with Crippen molar-refractivity contribution in [1.82, 2.24) is 4.90 Å². The Hall–Kier alpha value is -1.84. The maximum absolute atomic E-state index is 12.1. The van der Waals surface area contributed by atoms with Crippen molar-refractivity contribution in [2.45, 2.75) is 25.3 Å². The van der Waals surface area contributed by atoms with Crippen LogP contribution in [-0.2, 0) is 9.59 Å². The number of carboxylic acid groups (broad SMARTS) is 1. The van der Waals surface area contributed by atoms with Gasteiger partial charge in [0.25, 0.3) is 0 Å². The van der Waals surface area contributed by atoms with E-state index in [4.69, 9.17) is 5.11 Å². The minimum atomic E-state index is -0.959. The number of hydrogen-bond acceptors (Lipinski definition) is 2. The second kappa shape index (κ2) is 4.57. The number of benzene rings is 1. The molecule has 1 aliphatic rings. The van der Waals surface area contributed by atoms with Crippen LogP contribution in [-0.4, -0.2) is 34.5 Å². The summed E-state index contributed by atoms with van der Waals surface area (Å²) in [6, 6.07) is 9.52. The van der Waals surface area contributed by atoms with Gasteiger partial charge in [-0.2, -0.15) is 0 Å². The van der Waals surface area contributed by atoms with Gasteiger partial charge in [0.2, 0.25) is 5.91 Å². The molecule has 0 spiro atoms. The van der Waals surface area contributed by atoms with E-state index < -0.39 is 5.97 Å². The fourth-order valence-electron chi connectivity index (χ4n) is 2.33. The Balaban J connectivity index is 2.18. The lowest BCUT2D eigenvalue weighted by molar-refractivity contribution is -0.143. The quantitative estimate of drug-likeness (QED) is 0.860. The highest BCUT2D eigenvalue weighted by atomic mass is 16.4. The van der Waals surface area contributed by atoms with Crippen molar-refractivity contribution < 1.29 is 14.7 Å². The molecule has 1 aromatic rings. The minimum absolute atomic E-state index is 0.0104. The molecule has 0 aliphatic carbocycles. The summed E-state index contributed by atoms with van der Waals surface area (Å²) in [6.07, 6.45) is 0.691. The van der Waals surface area contributed by atoms with Gasteiger partial charge >= 0.3 is 5.97 Å². The predicted molar refractivity (Wildman–Crippen MR) is 62.6 cm³/mol. The number of likely N-dealkylation sites (tertiary alicyclic amines) is 1. The van der Waals surface area contributed by atoms with Crippen molar-refractivity contribution in [2.75, 3.05) is 6.54 Å². The molecule has 4 nitrogen and oxygen atoms in total. The van der Waals surface area contributed by atoms with Crippen molar-refractivity contribution in [3.8, 4) is 0 Å². The molecule has 1 aromatic carbocycles. The van der Waals surface area contributed by atoms with Crippen LogP contribution >= 0.6 is 0 Å². The van der Waals surface area contributed by atoms with Crippen LogP contribution in [0.5, 0.6) is 0 Å². The van der Waals surface area contributed by atoms with Gasteiger partial charge in [-0.1, -0.05) is 30.3 Å². The molecule has 0 bridgehead atoms. The molecule has 1 fully saturated rings. The van der Waals surface area contributed by atoms with E-state index in [1.807, 2.05) is 37.3 Å². The molecule has 2 atom stereocenters. The first-order chi connectivity index (χ1) is 8.09. The summed E-state index contributed by atoms with van der Waals surface area (Å²) in [5, 5.41) is 8.77. The lowest BCUT2D eigenvalue weighted by atomic mass is 9.96. The largest absolute Gasteiger partial charge is 0.480 e. The number of hydrogen-bond donors (Lipinski definition) is 1. The Morgan fingerprint density at radius 2 is 2.06 bits per heavy atom. The average Bonchev–Trinajstić information content (AvgIpc) is 2.58. The molecule has 0 radical (unpaired) electrons. The molecular weight excluding hydrogens is 218 g/mol. The minimum Gasteiger partial charge on any atom is -0.480 e. The molecule has 17 heavy (non-hydrogen) atoms. The van der Waals surface area contributed by atoms with Gasteiger partial charge in [0, 0.05) is 6.04 Å². The number of aliphatic carboxylic acids is 1. The predicted octanol–water partition coefficient (Wildman–Crippen LogP) is 1.48. The zero-order valence-electron chi connectivity index (χ0n) is 9.67. The van der Waals surface area contributed by atoms with E-state index in [1.165, 1.54) is 4.90 Å². The van der Waals surface area contributed by atoms with Crippen LogP contribution in [0.1, 0.15) is 24.8 Å². The van der Waals surface area contributed by atoms with E-state index in [2.05, 4.69) is 0 Å². The lowest BCUT2D eigenvalue weighted by Crippen LogP contribution is -2.36. The van der Waals surface area contributed by atoms with Crippen molar-refractivity contribution in [3.63, 3.8) is 0 Å². The molecule has 1 unspecified atom stereocenters. The monoisotopic (exact) mass is 233 g/mol. The molecule has 1 heterocycles. The molecule has 1 aliphatic heterocycles. The number of nitrogens with zero attached hydrogens (tertiary/aromatic N) is 1.